The van der Waals surface area contributed by atoms with Gasteiger partial charge in [-0.2, -0.15) is 0 Å². The van der Waals surface area contributed by atoms with Gasteiger partial charge in [0, 0.05) is 13.2 Å². The molecule has 0 spiro atoms. The Kier molecular flexibility index (Phi) is 6.36. The molecule has 0 radical (unpaired) electrons. The van der Waals surface area contributed by atoms with Crippen molar-refractivity contribution in [2.24, 2.45) is 5.92 Å². The fourth-order valence-corrected chi connectivity index (χ4v) is 1.74. The Bertz CT molecular complexity index is 365. The highest BCUT2D eigenvalue weighted by molar-refractivity contribution is 5.78. The zero-order valence-corrected chi connectivity index (χ0v) is 10.7. The predicted octanol–water partition coefficient (Wildman–Crippen LogP) is 1.89. The molecule has 4 heteroatoms. The summed E-state index contributed by atoms with van der Waals surface area (Å²) < 4.78 is 12.7. The van der Waals surface area contributed by atoms with Crippen LogP contribution in [0.2, 0.25) is 0 Å². The Morgan fingerprint density at radius 2 is 2.06 bits per heavy atom. The van der Waals surface area contributed by atoms with Gasteiger partial charge in [0.15, 0.2) is 0 Å². The molecule has 0 aliphatic carbocycles. The minimum Gasteiger partial charge on any atom is -0.396 e. The van der Waals surface area contributed by atoms with Gasteiger partial charge < -0.3 is 10.4 Å². The van der Waals surface area contributed by atoms with Crippen LogP contribution in [0.25, 0.3) is 0 Å². The molecule has 0 heterocycles. The van der Waals surface area contributed by atoms with E-state index < -0.39 is 0 Å². The van der Waals surface area contributed by atoms with Crippen molar-refractivity contribution in [2.45, 2.75) is 26.2 Å². The van der Waals surface area contributed by atoms with Crippen LogP contribution in [0.15, 0.2) is 24.3 Å². The van der Waals surface area contributed by atoms with E-state index >= 15 is 0 Å². The second-order valence-corrected chi connectivity index (χ2v) is 4.39. The number of benzene rings is 1. The molecule has 1 rings (SSSR count). The molecule has 0 saturated heterocycles. The average Bonchev–Trinajstić information content (AvgIpc) is 2.37. The Balaban J connectivity index is 2.35. The van der Waals surface area contributed by atoms with Crippen LogP contribution < -0.4 is 5.32 Å². The van der Waals surface area contributed by atoms with Gasteiger partial charge in [-0.05, 0) is 30.0 Å². The third kappa shape index (κ3) is 5.27. The van der Waals surface area contributed by atoms with Crippen molar-refractivity contribution in [1.82, 2.24) is 5.32 Å². The zero-order chi connectivity index (χ0) is 13.4. The van der Waals surface area contributed by atoms with Crippen molar-refractivity contribution in [3.8, 4) is 0 Å². The predicted molar refractivity (Wildman–Crippen MR) is 68.6 cm³/mol. The van der Waals surface area contributed by atoms with Crippen LogP contribution in [0.4, 0.5) is 4.39 Å². The Morgan fingerprint density at radius 3 is 2.61 bits per heavy atom. The van der Waals surface area contributed by atoms with Crippen molar-refractivity contribution in [1.29, 1.82) is 0 Å². The minimum atomic E-state index is -0.298. The molecule has 0 aliphatic rings. The van der Waals surface area contributed by atoms with Crippen LogP contribution in [0.3, 0.4) is 0 Å². The summed E-state index contributed by atoms with van der Waals surface area (Å²) in [5.74, 6) is -0.0571. The molecular weight excluding hydrogens is 233 g/mol. The summed E-state index contributed by atoms with van der Waals surface area (Å²) in [7, 11) is 0. The normalized spacial score (nSPS) is 12.2. The molecule has 3 nitrogen and oxygen atoms in total. The van der Waals surface area contributed by atoms with E-state index in [1.807, 2.05) is 6.92 Å². The average molecular weight is 253 g/mol. The van der Waals surface area contributed by atoms with E-state index in [0.717, 1.165) is 12.0 Å². The van der Waals surface area contributed by atoms with Crippen LogP contribution in [-0.2, 0) is 11.2 Å². The lowest BCUT2D eigenvalue weighted by atomic mass is 10.0. The van der Waals surface area contributed by atoms with Crippen molar-refractivity contribution >= 4 is 5.91 Å². The number of amides is 1. The Morgan fingerprint density at radius 1 is 1.39 bits per heavy atom. The summed E-state index contributed by atoms with van der Waals surface area (Å²) in [5.41, 5.74) is 0.795. The number of hydrogen-bond donors (Lipinski definition) is 2. The van der Waals surface area contributed by atoms with Crippen LogP contribution in [0, 0.1) is 11.7 Å². The SMILES string of the molecule is CCC(CCO)CNC(=O)Cc1ccc(F)cc1. The van der Waals surface area contributed by atoms with E-state index in [1.165, 1.54) is 12.1 Å². The molecule has 0 saturated carbocycles. The lowest BCUT2D eigenvalue weighted by molar-refractivity contribution is -0.120. The molecule has 100 valence electrons. The van der Waals surface area contributed by atoms with Crippen molar-refractivity contribution in [3.05, 3.63) is 35.6 Å². The zero-order valence-electron chi connectivity index (χ0n) is 10.7. The van der Waals surface area contributed by atoms with Gasteiger partial charge in [-0.15, -0.1) is 0 Å². The summed E-state index contributed by atoms with van der Waals surface area (Å²) >= 11 is 0. The van der Waals surface area contributed by atoms with Gasteiger partial charge in [0.2, 0.25) is 5.91 Å². The number of carbonyl (C=O) groups is 1. The molecule has 0 bridgehead atoms. The monoisotopic (exact) mass is 253 g/mol. The number of carbonyl (C=O) groups excluding carboxylic acids is 1. The van der Waals surface area contributed by atoms with Gasteiger partial charge in [0.25, 0.3) is 0 Å². The van der Waals surface area contributed by atoms with Gasteiger partial charge in [-0.25, -0.2) is 4.39 Å². The summed E-state index contributed by atoms with van der Waals surface area (Å²) in [4.78, 5) is 11.7. The van der Waals surface area contributed by atoms with Crippen molar-refractivity contribution in [3.63, 3.8) is 0 Å². The maximum Gasteiger partial charge on any atom is 0.224 e. The third-order valence-corrected chi connectivity index (χ3v) is 2.98. The summed E-state index contributed by atoms with van der Waals surface area (Å²) in [6.45, 7) is 2.76. The van der Waals surface area contributed by atoms with E-state index in [4.69, 9.17) is 5.11 Å². The number of aliphatic hydroxyl groups excluding tert-OH is 1. The highest BCUT2D eigenvalue weighted by Gasteiger charge is 2.08. The third-order valence-electron chi connectivity index (χ3n) is 2.98. The van der Waals surface area contributed by atoms with Gasteiger partial charge in [0.05, 0.1) is 6.42 Å². The lowest BCUT2D eigenvalue weighted by Gasteiger charge is -2.14. The minimum absolute atomic E-state index is 0.0713. The molecule has 1 amide bonds. The standard InChI is InChI=1S/C14H20FNO2/c1-2-11(7-8-17)10-16-14(18)9-12-3-5-13(15)6-4-12/h3-6,11,17H,2,7-10H2,1H3,(H,16,18). The number of rotatable bonds is 7. The molecule has 0 aromatic heterocycles. The van der Waals surface area contributed by atoms with Gasteiger partial charge in [-0.3, -0.25) is 4.79 Å². The summed E-state index contributed by atoms with van der Waals surface area (Å²) in [6, 6.07) is 5.92. The van der Waals surface area contributed by atoms with E-state index in [1.54, 1.807) is 12.1 Å². The Hall–Kier alpha value is -1.42. The quantitative estimate of drug-likeness (QED) is 0.779. The topological polar surface area (TPSA) is 49.3 Å². The summed E-state index contributed by atoms with van der Waals surface area (Å²) in [5, 5.41) is 11.7. The van der Waals surface area contributed by atoms with Crippen LogP contribution >= 0.6 is 0 Å². The molecule has 0 fully saturated rings. The maximum absolute atomic E-state index is 12.7. The van der Waals surface area contributed by atoms with E-state index in [2.05, 4.69) is 5.32 Å². The van der Waals surface area contributed by atoms with E-state index in [0.29, 0.717) is 18.9 Å². The molecule has 1 aromatic rings. The highest BCUT2D eigenvalue weighted by Crippen LogP contribution is 2.06. The first-order chi connectivity index (χ1) is 8.65. The molecule has 1 atom stereocenters. The van der Waals surface area contributed by atoms with Crippen LogP contribution in [0.1, 0.15) is 25.3 Å². The number of hydrogen-bond acceptors (Lipinski definition) is 2. The highest BCUT2D eigenvalue weighted by atomic mass is 19.1. The second kappa shape index (κ2) is 7.82. The van der Waals surface area contributed by atoms with Crippen LogP contribution in [-0.4, -0.2) is 24.2 Å². The molecule has 1 unspecified atom stereocenters. The Labute approximate surface area is 107 Å². The van der Waals surface area contributed by atoms with Gasteiger partial charge in [-0.1, -0.05) is 25.5 Å². The summed E-state index contributed by atoms with van der Waals surface area (Å²) in [6.07, 6.45) is 1.89. The van der Waals surface area contributed by atoms with E-state index in [9.17, 15) is 9.18 Å². The first-order valence-corrected chi connectivity index (χ1v) is 6.27. The molecule has 0 aliphatic heterocycles. The van der Waals surface area contributed by atoms with Gasteiger partial charge >= 0.3 is 0 Å². The largest absolute Gasteiger partial charge is 0.396 e. The van der Waals surface area contributed by atoms with Gasteiger partial charge in [0.1, 0.15) is 5.82 Å². The lowest BCUT2D eigenvalue weighted by Crippen LogP contribution is -2.30. The fourth-order valence-electron chi connectivity index (χ4n) is 1.74. The molecule has 2 N–H and O–H groups in total. The second-order valence-electron chi connectivity index (χ2n) is 4.39. The molecular formula is C14H20FNO2. The van der Waals surface area contributed by atoms with Crippen molar-refractivity contribution < 1.29 is 14.3 Å². The first-order valence-electron chi connectivity index (χ1n) is 6.27. The van der Waals surface area contributed by atoms with Crippen molar-refractivity contribution in [2.75, 3.05) is 13.2 Å². The fraction of sp³-hybridized carbons (Fsp3) is 0.500. The number of nitrogens with one attached hydrogen (secondary N) is 1. The number of halogens is 1. The maximum atomic E-state index is 12.7. The molecule has 1 aromatic carbocycles. The van der Waals surface area contributed by atoms with Crippen LogP contribution in [0.5, 0.6) is 0 Å². The first kappa shape index (κ1) is 14.6. The smallest absolute Gasteiger partial charge is 0.224 e. The number of aliphatic hydroxyl groups is 1. The molecule has 18 heavy (non-hydrogen) atoms. The van der Waals surface area contributed by atoms with E-state index in [-0.39, 0.29) is 24.8 Å².